The first-order valence-corrected chi connectivity index (χ1v) is 14.9. The second-order valence-corrected chi connectivity index (χ2v) is 10.9. The Morgan fingerprint density at radius 3 is 1.50 bits per heavy atom. The van der Waals surface area contributed by atoms with E-state index in [1.165, 1.54) is 89.9 Å². The second-order valence-electron chi connectivity index (χ2n) is 9.96. The maximum atomic E-state index is 11.9. The molecule has 0 radical (unpaired) electrons. The summed E-state index contributed by atoms with van der Waals surface area (Å²) in [5, 5.41) is 12.1. The summed E-state index contributed by atoms with van der Waals surface area (Å²) in [5.41, 5.74) is 0. The van der Waals surface area contributed by atoms with E-state index >= 15 is 0 Å². The number of hydrogen-bond acceptors (Lipinski definition) is 6. The van der Waals surface area contributed by atoms with Crippen molar-refractivity contribution in [3.63, 3.8) is 0 Å². The van der Waals surface area contributed by atoms with Crippen molar-refractivity contribution in [2.24, 2.45) is 0 Å². The van der Waals surface area contributed by atoms with Gasteiger partial charge in [0.1, 0.15) is 6.54 Å². The van der Waals surface area contributed by atoms with E-state index in [2.05, 4.69) is 26.3 Å². The Labute approximate surface area is 209 Å². The van der Waals surface area contributed by atoms with Gasteiger partial charge in [0, 0.05) is 19.4 Å². The molecule has 34 heavy (non-hydrogen) atoms. The van der Waals surface area contributed by atoms with Crippen molar-refractivity contribution >= 4 is 13.7 Å². The van der Waals surface area contributed by atoms with Crippen LogP contribution in [-0.4, -0.2) is 55.8 Å². The number of unbranched alkanes of at least 4 members (excludes halogenated alkanes) is 14. The van der Waals surface area contributed by atoms with Gasteiger partial charge in [0.15, 0.2) is 0 Å². The van der Waals surface area contributed by atoms with Crippen LogP contribution in [0.25, 0.3) is 0 Å². The molecule has 206 valence electrons. The molecule has 0 aromatic heterocycles. The summed E-state index contributed by atoms with van der Waals surface area (Å²) >= 11 is 0. The molecular weight excluding hydrogens is 455 g/mol. The van der Waals surface area contributed by atoms with E-state index in [0.717, 1.165) is 37.0 Å². The lowest BCUT2D eigenvalue weighted by molar-refractivity contribution is -0.890. The van der Waals surface area contributed by atoms with Crippen LogP contribution in [0, 0.1) is 0 Å². The van der Waals surface area contributed by atoms with Gasteiger partial charge in [-0.25, -0.2) is 0 Å². The van der Waals surface area contributed by atoms with E-state index in [4.69, 9.17) is 24.4 Å². The number of likely N-dealkylation sites (N-methyl/N-ethyl adjacent to an activating group) is 1. The Balaban J connectivity index is 0. The molecule has 0 aliphatic heterocycles. The molecule has 0 aliphatic rings. The Bertz CT molecular complexity index is 492. The Morgan fingerprint density at radius 1 is 0.735 bits per heavy atom. The number of quaternary nitrogens is 1. The standard InChI is InChI=1S/C25H52N2O2.H3O4P/c1-4-5-6-7-8-9-10-11-12-13-14-15-16-17-18-20-25(29)26-21-19-22-27(2,3)23-24-28;1-5(2,3)4/h28H,4-24H2,1-3H3;(H3,1,2,3,4)/p-2. The fraction of sp³-hybridized carbons (Fsp3) is 0.960. The van der Waals surface area contributed by atoms with E-state index in [1.54, 1.807) is 0 Å². The molecule has 8 nitrogen and oxygen atoms in total. The van der Waals surface area contributed by atoms with Gasteiger partial charge in [-0.15, -0.1) is 0 Å². The van der Waals surface area contributed by atoms with Crippen molar-refractivity contribution in [1.82, 2.24) is 5.32 Å². The molecule has 0 unspecified atom stereocenters. The maximum absolute atomic E-state index is 11.9. The first-order valence-electron chi connectivity index (χ1n) is 13.4. The zero-order chi connectivity index (χ0) is 26.1. The topological polar surface area (TPSA) is 136 Å². The van der Waals surface area contributed by atoms with Crippen LogP contribution >= 0.6 is 7.82 Å². The van der Waals surface area contributed by atoms with Crippen molar-refractivity contribution in [3.8, 4) is 0 Å². The zero-order valence-corrected chi connectivity index (χ0v) is 23.1. The smallest absolute Gasteiger partial charge is 0.219 e. The first-order chi connectivity index (χ1) is 16.0. The highest BCUT2D eigenvalue weighted by Gasteiger charge is 2.13. The van der Waals surface area contributed by atoms with Crippen LogP contribution in [0.4, 0.5) is 0 Å². The summed E-state index contributed by atoms with van der Waals surface area (Å²) in [4.78, 5) is 37.5. The van der Waals surface area contributed by atoms with Crippen LogP contribution in [0.2, 0.25) is 0 Å². The number of carbonyl (C=O) groups is 1. The Hall–Kier alpha value is -0.500. The number of nitrogens with zero attached hydrogens (tertiary/aromatic N) is 1. The molecule has 9 heteroatoms. The highest BCUT2D eigenvalue weighted by atomic mass is 31.2. The molecule has 0 aliphatic carbocycles. The van der Waals surface area contributed by atoms with Crippen molar-refractivity contribution < 1.29 is 33.6 Å². The molecule has 0 fully saturated rings. The van der Waals surface area contributed by atoms with Crippen LogP contribution < -0.4 is 20.0 Å². The number of hydrogen-bond donors (Lipinski definition) is 2. The Morgan fingerprint density at radius 2 is 1.12 bits per heavy atom. The normalized spacial score (nSPS) is 11.7. The molecular formula is C25H53N2O6P-2. The van der Waals surface area contributed by atoms with Gasteiger partial charge in [-0.3, -0.25) is 4.79 Å². The lowest BCUT2D eigenvalue weighted by Crippen LogP contribution is -2.43. The molecule has 0 saturated heterocycles. The molecule has 0 aromatic rings. The van der Waals surface area contributed by atoms with E-state index in [0.29, 0.717) is 6.42 Å². The fourth-order valence-electron chi connectivity index (χ4n) is 3.86. The zero-order valence-electron chi connectivity index (χ0n) is 22.2. The molecule has 0 bridgehead atoms. The summed E-state index contributed by atoms with van der Waals surface area (Å²) in [6, 6.07) is 0. The monoisotopic (exact) mass is 508 g/mol. The molecule has 0 rings (SSSR count). The van der Waals surface area contributed by atoms with Crippen molar-refractivity contribution in [2.45, 2.75) is 116 Å². The van der Waals surface area contributed by atoms with Gasteiger partial charge in [-0.05, 0) is 6.42 Å². The quantitative estimate of drug-likeness (QED) is 0.131. The SMILES string of the molecule is CCCCCCCCCCCCCCCCCC(=O)NCCC[N+](C)(C)CCO.O=P([O-])([O-])[O-]. The highest BCUT2D eigenvalue weighted by Crippen LogP contribution is 2.13. The summed E-state index contributed by atoms with van der Waals surface area (Å²) in [5.74, 6) is 0.201. The predicted molar refractivity (Wildman–Crippen MR) is 134 cm³/mol. The second kappa shape index (κ2) is 24.2. The summed E-state index contributed by atoms with van der Waals surface area (Å²) in [6.45, 7) is 5.01. The number of carbonyl (C=O) groups excluding carboxylic acids is 1. The summed E-state index contributed by atoms with van der Waals surface area (Å²) < 4.78 is 9.36. The number of aliphatic hydroxyl groups is 1. The Kier molecular flexibility index (Phi) is 25.4. The number of nitrogens with one attached hydrogen (secondary N) is 1. The number of phosphoric acid groups is 1. The number of rotatable bonds is 22. The van der Waals surface area contributed by atoms with Gasteiger partial charge in [0.2, 0.25) is 5.91 Å². The maximum Gasteiger partial charge on any atom is 0.219 e. The van der Waals surface area contributed by atoms with Crippen LogP contribution in [0.1, 0.15) is 116 Å². The van der Waals surface area contributed by atoms with Gasteiger partial charge in [0.25, 0.3) is 0 Å². The van der Waals surface area contributed by atoms with Crippen LogP contribution in [0.5, 0.6) is 0 Å². The number of amides is 1. The number of aliphatic hydroxyl groups excluding tert-OH is 1. The molecule has 0 aromatic carbocycles. The molecule has 0 heterocycles. The molecule has 0 saturated carbocycles. The third kappa shape index (κ3) is 36.1. The molecule has 0 spiro atoms. The van der Waals surface area contributed by atoms with Gasteiger partial charge in [-0.1, -0.05) is 96.8 Å². The van der Waals surface area contributed by atoms with E-state index in [9.17, 15) is 4.79 Å². The third-order valence-electron chi connectivity index (χ3n) is 5.98. The van der Waals surface area contributed by atoms with Gasteiger partial charge in [0.05, 0.1) is 27.2 Å². The van der Waals surface area contributed by atoms with Crippen molar-refractivity contribution in [3.05, 3.63) is 0 Å². The summed E-state index contributed by atoms with van der Waals surface area (Å²) in [6.07, 6.45) is 22.0. The fourth-order valence-corrected chi connectivity index (χ4v) is 3.86. The molecule has 2 N–H and O–H groups in total. The third-order valence-corrected chi connectivity index (χ3v) is 5.98. The minimum Gasteiger partial charge on any atom is -0.822 e. The minimum absolute atomic E-state index is 0.201. The highest BCUT2D eigenvalue weighted by molar-refractivity contribution is 7.40. The van der Waals surface area contributed by atoms with Crippen LogP contribution in [0.3, 0.4) is 0 Å². The van der Waals surface area contributed by atoms with Crippen molar-refractivity contribution in [2.75, 3.05) is 40.3 Å². The van der Waals surface area contributed by atoms with E-state index < -0.39 is 7.82 Å². The predicted octanol–water partition coefficient (Wildman–Crippen LogP) is 3.00. The minimum atomic E-state index is -5.39. The van der Waals surface area contributed by atoms with E-state index in [1.807, 2.05) is 0 Å². The first kappa shape index (κ1) is 35.7. The average Bonchev–Trinajstić information content (AvgIpc) is 2.73. The van der Waals surface area contributed by atoms with Crippen molar-refractivity contribution in [1.29, 1.82) is 0 Å². The summed E-state index contributed by atoms with van der Waals surface area (Å²) in [7, 11) is -1.15. The van der Waals surface area contributed by atoms with Crippen LogP contribution in [-0.2, 0) is 9.36 Å². The van der Waals surface area contributed by atoms with Gasteiger partial charge in [-0.2, -0.15) is 7.82 Å². The molecule has 0 atom stereocenters. The molecule has 1 amide bonds. The lowest BCUT2D eigenvalue weighted by Gasteiger charge is -2.36. The van der Waals surface area contributed by atoms with Gasteiger partial charge < -0.3 is 34.2 Å². The van der Waals surface area contributed by atoms with Crippen LogP contribution in [0.15, 0.2) is 0 Å². The largest absolute Gasteiger partial charge is 0.822 e. The average molecular weight is 509 g/mol. The van der Waals surface area contributed by atoms with Gasteiger partial charge >= 0.3 is 0 Å². The lowest BCUT2D eigenvalue weighted by atomic mass is 10.0. The van der Waals surface area contributed by atoms with E-state index in [-0.39, 0.29) is 12.5 Å².